The number of rotatable bonds is 5. The largest absolute Gasteiger partial charge is 0.309 e. The Balaban J connectivity index is 2.85. The average molecular weight is 201 g/mol. The second kappa shape index (κ2) is 6.20. The van der Waals surface area contributed by atoms with Crippen LogP contribution >= 0.6 is 0 Å². The van der Waals surface area contributed by atoms with Crippen LogP contribution in [0.4, 0.5) is 0 Å². The molecular formula is C14H19N. The van der Waals surface area contributed by atoms with E-state index in [2.05, 4.69) is 49.2 Å². The van der Waals surface area contributed by atoms with Crippen LogP contribution in [0, 0.1) is 6.92 Å². The highest BCUT2D eigenvalue weighted by Crippen LogP contribution is 2.15. The van der Waals surface area contributed by atoms with Crippen molar-refractivity contribution < 1.29 is 0 Å². The molecule has 0 aromatic heterocycles. The van der Waals surface area contributed by atoms with Crippen molar-refractivity contribution in [3.8, 4) is 0 Å². The summed E-state index contributed by atoms with van der Waals surface area (Å²) in [6, 6.07) is 6.41. The topological polar surface area (TPSA) is 12.0 Å². The van der Waals surface area contributed by atoms with Gasteiger partial charge in [0.2, 0.25) is 0 Å². The fourth-order valence-electron chi connectivity index (χ4n) is 1.61. The maximum absolute atomic E-state index is 3.69. The molecule has 0 amide bonds. The molecular weight excluding hydrogens is 182 g/mol. The monoisotopic (exact) mass is 201 g/mol. The Morgan fingerprint density at radius 2 is 2.20 bits per heavy atom. The summed E-state index contributed by atoms with van der Waals surface area (Å²) in [4.78, 5) is 0. The molecule has 0 fully saturated rings. The van der Waals surface area contributed by atoms with Crippen LogP contribution < -0.4 is 5.32 Å². The van der Waals surface area contributed by atoms with Crippen LogP contribution in [0.5, 0.6) is 0 Å². The molecule has 0 aliphatic rings. The lowest BCUT2D eigenvalue weighted by Gasteiger charge is -2.09. The minimum absolute atomic E-state index is 0.850. The van der Waals surface area contributed by atoms with Crippen molar-refractivity contribution in [2.45, 2.75) is 20.4 Å². The van der Waals surface area contributed by atoms with Gasteiger partial charge in [-0.3, -0.25) is 0 Å². The molecule has 0 atom stereocenters. The van der Waals surface area contributed by atoms with E-state index in [0.717, 1.165) is 13.1 Å². The van der Waals surface area contributed by atoms with Gasteiger partial charge in [0.25, 0.3) is 0 Å². The zero-order valence-electron chi connectivity index (χ0n) is 9.59. The Morgan fingerprint density at radius 1 is 1.40 bits per heavy atom. The van der Waals surface area contributed by atoms with Crippen molar-refractivity contribution in [2.24, 2.45) is 0 Å². The zero-order chi connectivity index (χ0) is 11.1. The van der Waals surface area contributed by atoms with E-state index in [1.54, 1.807) is 0 Å². The number of allylic oxidation sites excluding steroid dienone is 1. The molecule has 15 heavy (non-hydrogen) atoms. The van der Waals surface area contributed by atoms with Crippen molar-refractivity contribution in [3.63, 3.8) is 0 Å². The molecule has 0 bridgehead atoms. The SMILES string of the molecule is C=CCNCc1cccc(C)c1/C=C\C. The molecule has 0 unspecified atom stereocenters. The van der Waals surface area contributed by atoms with E-state index >= 15 is 0 Å². The zero-order valence-corrected chi connectivity index (χ0v) is 9.59. The molecule has 0 aliphatic heterocycles. The van der Waals surface area contributed by atoms with Gasteiger partial charge in [0.15, 0.2) is 0 Å². The van der Waals surface area contributed by atoms with Gasteiger partial charge in [-0.25, -0.2) is 0 Å². The molecule has 0 saturated heterocycles. The van der Waals surface area contributed by atoms with E-state index in [9.17, 15) is 0 Å². The summed E-state index contributed by atoms with van der Waals surface area (Å²) in [6.07, 6.45) is 6.13. The van der Waals surface area contributed by atoms with Gasteiger partial charge >= 0.3 is 0 Å². The highest BCUT2D eigenvalue weighted by Gasteiger charge is 2.00. The summed E-state index contributed by atoms with van der Waals surface area (Å²) < 4.78 is 0. The summed E-state index contributed by atoms with van der Waals surface area (Å²) in [5.74, 6) is 0. The van der Waals surface area contributed by atoms with Gasteiger partial charge in [-0.05, 0) is 30.5 Å². The van der Waals surface area contributed by atoms with Crippen molar-refractivity contribution in [2.75, 3.05) is 6.54 Å². The molecule has 1 nitrogen and oxygen atoms in total. The summed E-state index contributed by atoms with van der Waals surface area (Å²) in [5.41, 5.74) is 4.00. The Hall–Kier alpha value is -1.34. The van der Waals surface area contributed by atoms with Gasteiger partial charge in [-0.2, -0.15) is 0 Å². The number of nitrogens with one attached hydrogen (secondary N) is 1. The molecule has 80 valence electrons. The van der Waals surface area contributed by atoms with E-state index in [0.29, 0.717) is 0 Å². The van der Waals surface area contributed by atoms with Crippen LogP contribution in [-0.2, 0) is 6.54 Å². The quantitative estimate of drug-likeness (QED) is 0.569. The molecule has 0 aliphatic carbocycles. The van der Waals surface area contributed by atoms with Crippen LogP contribution in [0.2, 0.25) is 0 Å². The summed E-state index contributed by atoms with van der Waals surface area (Å²) in [5, 5.41) is 3.33. The Labute approximate surface area is 92.5 Å². The predicted octanol–water partition coefficient (Wildman–Crippen LogP) is 3.30. The van der Waals surface area contributed by atoms with Gasteiger partial charge in [0, 0.05) is 13.1 Å². The molecule has 0 heterocycles. The summed E-state index contributed by atoms with van der Waals surface area (Å²) in [7, 11) is 0. The molecule has 1 N–H and O–H groups in total. The van der Waals surface area contributed by atoms with E-state index < -0.39 is 0 Å². The number of aryl methyl sites for hydroxylation is 1. The minimum Gasteiger partial charge on any atom is -0.309 e. The maximum Gasteiger partial charge on any atom is 0.0214 e. The van der Waals surface area contributed by atoms with Gasteiger partial charge in [-0.15, -0.1) is 6.58 Å². The van der Waals surface area contributed by atoms with E-state index in [-0.39, 0.29) is 0 Å². The first-order valence-electron chi connectivity index (χ1n) is 5.32. The fourth-order valence-corrected chi connectivity index (χ4v) is 1.61. The number of hydrogen-bond donors (Lipinski definition) is 1. The average Bonchev–Trinajstić information content (AvgIpc) is 2.23. The molecule has 0 saturated carbocycles. The Bertz CT molecular complexity index is 350. The van der Waals surface area contributed by atoms with Crippen LogP contribution in [0.25, 0.3) is 6.08 Å². The third-order valence-electron chi connectivity index (χ3n) is 2.35. The second-order valence-corrected chi connectivity index (χ2v) is 3.57. The first kappa shape index (κ1) is 11.7. The smallest absolute Gasteiger partial charge is 0.0214 e. The van der Waals surface area contributed by atoms with Gasteiger partial charge in [0.05, 0.1) is 0 Å². The highest BCUT2D eigenvalue weighted by atomic mass is 14.8. The fraction of sp³-hybridized carbons (Fsp3) is 0.286. The Kier molecular flexibility index (Phi) is 4.85. The lowest BCUT2D eigenvalue weighted by Crippen LogP contribution is -2.13. The van der Waals surface area contributed by atoms with Gasteiger partial charge in [0.1, 0.15) is 0 Å². The molecule has 1 aromatic rings. The van der Waals surface area contributed by atoms with Crippen molar-refractivity contribution in [1.82, 2.24) is 5.32 Å². The lowest BCUT2D eigenvalue weighted by molar-refractivity contribution is 0.759. The third kappa shape index (κ3) is 3.37. The normalized spacial score (nSPS) is 10.8. The predicted molar refractivity (Wildman–Crippen MR) is 67.8 cm³/mol. The molecule has 0 spiro atoms. The lowest BCUT2D eigenvalue weighted by atomic mass is 10.0. The highest BCUT2D eigenvalue weighted by molar-refractivity contribution is 5.57. The third-order valence-corrected chi connectivity index (χ3v) is 2.35. The van der Waals surface area contributed by atoms with Crippen molar-refractivity contribution in [3.05, 3.63) is 53.6 Å². The summed E-state index contributed by atoms with van der Waals surface area (Å²) in [6.45, 7) is 9.63. The first-order valence-corrected chi connectivity index (χ1v) is 5.32. The van der Waals surface area contributed by atoms with E-state index in [4.69, 9.17) is 0 Å². The van der Waals surface area contributed by atoms with E-state index in [1.165, 1.54) is 16.7 Å². The minimum atomic E-state index is 0.850. The van der Waals surface area contributed by atoms with E-state index in [1.807, 2.05) is 13.0 Å². The Morgan fingerprint density at radius 3 is 2.87 bits per heavy atom. The van der Waals surface area contributed by atoms with Crippen molar-refractivity contribution in [1.29, 1.82) is 0 Å². The van der Waals surface area contributed by atoms with Crippen LogP contribution in [0.15, 0.2) is 36.9 Å². The molecule has 1 heteroatoms. The van der Waals surface area contributed by atoms with Crippen LogP contribution in [0.3, 0.4) is 0 Å². The summed E-state index contributed by atoms with van der Waals surface area (Å²) >= 11 is 0. The van der Waals surface area contributed by atoms with Gasteiger partial charge in [-0.1, -0.05) is 36.4 Å². The standard InChI is InChI=1S/C14H19N/c1-4-7-14-12(3)8-6-9-13(14)11-15-10-5-2/h4-9,15H,2,10-11H2,1,3H3/b7-4-. The van der Waals surface area contributed by atoms with Crippen LogP contribution in [0.1, 0.15) is 23.6 Å². The van der Waals surface area contributed by atoms with Crippen molar-refractivity contribution >= 4 is 6.08 Å². The van der Waals surface area contributed by atoms with Crippen LogP contribution in [-0.4, -0.2) is 6.54 Å². The van der Waals surface area contributed by atoms with Gasteiger partial charge < -0.3 is 5.32 Å². The number of hydrogen-bond acceptors (Lipinski definition) is 1. The number of benzene rings is 1. The second-order valence-electron chi connectivity index (χ2n) is 3.57. The molecule has 1 rings (SSSR count). The molecule has 0 radical (unpaired) electrons. The molecule has 1 aromatic carbocycles. The first-order chi connectivity index (χ1) is 7.29. The maximum atomic E-state index is 3.69.